The Morgan fingerprint density at radius 2 is 2.13 bits per heavy atom. The molecule has 15 heavy (non-hydrogen) atoms. The highest BCUT2D eigenvalue weighted by molar-refractivity contribution is 4.90. The van der Waals surface area contributed by atoms with Crippen LogP contribution >= 0.6 is 0 Å². The van der Waals surface area contributed by atoms with E-state index >= 15 is 0 Å². The Morgan fingerprint density at radius 3 is 2.60 bits per heavy atom. The van der Waals surface area contributed by atoms with Gasteiger partial charge in [0.25, 0.3) is 0 Å². The van der Waals surface area contributed by atoms with Crippen LogP contribution in [0.5, 0.6) is 0 Å². The first-order chi connectivity index (χ1) is 6.83. The maximum absolute atomic E-state index is 11.9. The van der Waals surface area contributed by atoms with E-state index in [4.69, 9.17) is 10.5 Å². The molecule has 1 heterocycles. The van der Waals surface area contributed by atoms with Gasteiger partial charge in [-0.15, -0.1) is 0 Å². The monoisotopic (exact) mass is 225 g/mol. The molecular weight excluding hydrogens is 207 g/mol. The predicted molar refractivity (Wildman–Crippen MR) is 51.5 cm³/mol. The number of ether oxygens (including phenoxy) is 1. The number of hydrogen-bond donors (Lipinski definition) is 1. The summed E-state index contributed by atoms with van der Waals surface area (Å²) in [5.74, 6) is 0. The van der Waals surface area contributed by atoms with Gasteiger partial charge in [-0.25, -0.2) is 0 Å². The first kappa shape index (κ1) is 12.8. The topological polar surface area (TPSA) is 35.2 Å². The van der Waals surface area contributed by atoms with Gasteiger partial charge in [-0.2, -0.15) is 13.2 Å². The van der Waals surface area contributed by atoms with Crippen molar-refractivity contribution in [1.29, 1.82) is 0 Å². The molecule has 1 saturated heterocycles. The first-order valence-electron chi connectivity index (χ1n) is 5.30. The van der Waals surface area contributed by atoms with E-state index in [1.807, 2.05) is 6.92 Å². The van der Waals surface area contributed by atoms with Gasteiger partial charge in [0, 0.05) is 19.1 Å². The molecule has 0 aromatic rings. The zero-order chi connectivity index (χ0) is 11.5. The van der Waals surface area contributed by atoms with Gasteiger partial charge in [0.1, 0.15) is 0 Å². The van der Waals surface area contributed by atoms with E-state index in [0.717, 1.165) is 12.8 Å². The van der Waals surface area contributed by atoms with Crippen LogP contribution in [0.2, 0.25) is 0 Å². The average molecular weight is 225 g/mol. The molecular formula is C10H18F3NO. The van der Waals surface area contributed by atoms with Gasteiger partial charge in [-0.05, 0) is 32.6 Å². The van der Waals surface area contributed by atoms with Crippen molar-refractivity contribution in [3.05, 3.63) is 0 Å². The Balaban J connectivity index is 2.26. The molecule has 0 spiro atoms. The second-order valence-corrected chi connectivity index (χ2v) is 4.38. The van der Waals surface area contributed by atoms with Crippen molar-refractivity contribution in [2.24, 2.45) is 5.73 Å². The van der Waals surface area contributed by atoms with Crippen LogP contribution in [0, 0.1) is 0 Å². The third kappa shape index (κ3) is 3.99. The van der Waals surface area contributed by atoms with E-state index in [2.05, 4.69) is 0 Å². The van der Waals surface area contributed by atoms with Gasteiger partial charge in [-0.3, -0.25) is 0 Å². The molecule has 1 rings (SSSR count). The molecule has 0 aromatic heterocycles. The minimum atomic E-state index is -4.07. The fourth-order valence-corrected chi connectivity index (χ4v) is 1.92. The number of hydrogen-bond acceptors (Lipinski definition) is 2. The molecule has 0 amide bonds. The minimum Gasteiger partial charge on any atom is -0.374 e. The van der Waals surface area contributed by atoms with Crippen molar-refractivity contribution in [1.82, 2.24) is 0 Å². The summed E-state index contributed by atoms with van der Waals surface area (Å²) in [5.41, 5.74) is 5.44. The van der Waals surface area contributed by atoms with Crippen LogP contribution in [-0.2, 0) is 4.74 Å². The van der Waals surface area contributed by atoms with Crippen molar-refractivity contribution in [3.8, 4) is 0 Å². The lowest BCUT2D eigenvalue weighted by atomic mass is 9.90. The van der Waals surface area contributed by atoms with Crippen LogP contribution in [0.15, 0.2) is 0 Å². The van der Waals surface area contributed by atoms with E-state index < -0.39 is 18.2 Å². The molecule has 0 saturated carbocycles. The van der Waals surface area contributed by atoms with E-state index in [9.17, 15) is 13.2 Å². The first-order valence-corrected chi connectivity index (χ1v) is 5.30. The normalized spacial score (nSPS) is 29.4. The summed E-state index contributed by atoms with van der Waals surface area (Å²) in [7, 11) is 0. The molecule has 0 aromatic carbocycles. The van der Waals surface area contributed by atoms with E-state index in [1.54, 1.807) is 0 Å². The van der Waals surface area contributed by atoms with Gasteiger partial charge in [-0.1, -0.05) is 0 Å². The van der Waals surface area contributed by atoms with Crippen LogP contribution in [-0.4, -0.2) is 24.4 Å². The van der Waals surface area contributed by atoms with Crippen LogP contribution in [0.1, 0.15) is 39.0 Å². The molecule has 0 bridgehead atoms. The summed E-state index contributed by atoms with van der Waals surface area (Å²) < 4.78 is 41.2. The van der Waals surface area contributed by atoms with Crippen LogP contribution < -0.4 is 5.73 Å². The summed E-state index contributed by atoms with van der Waals surface area (Å²) in [6.45, 7) is 2.56. The Hall–Kier alpha value is -0.290. The van der Waals surface area contributed by atoms with Crippen molar-refractivity contribution in [3.63, 3.8) is 0 Å². The van der Waals surface area contributed by atoms with Crippen LogP contribution in [0.25, 0.3) is 0 Å². The summed E-state index contributed by atoms with van der Waals surface area (Å²) >= 11 is 0. The van der Waals surface area contributed by atoms with Gasteiger partial charge in [0.2, 0.25) is 0 Å². The molecule has 1 aliphatic heterocycles. The van der Waals surface area contributed by atoms with E-state index in [0.29, 0.717) is 13.0 Å². The van der Waals surface area contributed by atoms with E-state index in [-0.39, 0.29) is 12.5 Å². The molecule has 2 nitrogen and oxygen atoms in total. The fraction of sp³-hybridized carbons (Fsp3) is 1.00. The second-order valence-electron chi connectivity index (χ2n) is 4.38. The number of halogens is 3. The SMILES string of the molecule is CC1(C(N)CCCC(F)(F)F)CCCO1. The molecule has 90 valence electrons. The van der Waals surface area contributed by atoms with Crippen molar-refractivity contribution in [2.45, 2.75) is 56.8 Å². The summed E-state index contributed by atoms with van der Waals surface area (Å²) in [4.78, 5) is 0. The molecule has 0 radical (unpaired) electrons. The Morgan fingerprint density at radius 1 is 1.47 bits per heavy atom. The summed E-state index contributed by atoms with van der Waals surface area (Å²) in [5, 5.41) is 0. The average Bonchev–Trinajstić information content (AvgIpc) is 2.51. The standard InChI is InChI=1S/C10H18F3NO/c1-9(5-3-7-15-9)8(14)4-2-6-10(11,12)13/h8H,2-7,14H2,1H3. The molecule has 2 unspecified atom stereocenters. The third-order valence-corrected chi connectivity index (χ3v) is 3.01. The lowest BCUT2D eigenvalue weighted by Gasteiger charge is -2.30. The highest BCUT2D eigenvalue weighted by atomic mass is 19.4. The highest BCUT2D eigenvalue weighted by Crippen LogP contribution is 2.31. The van der Waals surface area contributed by atoms with Gasteiger partial charge >= 0.3 is 6.18 Å². The number of nitrogens with two attached hydrogens (primary N) is 1. The zero-order valence-corrected chi connectivity index (χ0v) is 8.94. The molecule has 0 aliphatic carbocycles. The van der Waals surface area contributed by atoms with Crippen molar-refractivity contribution < 1.29 is 17.9 Å². The van der Waals surface area contributed by atoms with Crippen molar-refractivity contribution in [2.75, 3.05) is 6.61 Å². The fourth-order valence-electron chi connectivity index (χ4n) is 1.92. The Bertz CT molecular complexity index is 199. The zero-order valence-electron chi connectivity index (χ0n) is 8.94. The molecule has 2 N–H and O–H groups in total. The van der Waals surface area contributed by atoms with Crippen LogP contribution in [0.4, 0.5) is 13.2 Å². The Kier molecular flexibility index (Phi) is 4.00. The number of rotatable bonds is 4. The van der Waals surface area contributed by atoms with E-state index in [1.165, 1.54) is 0 Å². The van der Waals surface area contributed by atoms with Crippen molar-refractivity contribution >= 4 is 0 Å². The van der Waals surface area contributed by atoms with Crippen LogP contribution in [0.3, 0.4) is 0 Å². The largest absolute Gasteiger partial charge is 0.389 e. The summed E-state index contributed by atoms with van der Waals surface area (Å²) in [6, 6.07) is -0.289. The maximum Gasteiger partial charge on any atom is 0.389 e. The molecule has 1 aliphatic rings. The number of alkyl halides is 3. The lowest BCUT2D eigenvalue weighted by molar-refractivity contribution is -0.136. The molecule has 2 atom stereocenters. The molecule has 1 fully saturated rings. The predicted octanol–water partition coefficient (Wildman–Crippen LogP) is 2.62. The lowest BCUT2D eigenvalue weighted by Crippen LogP contribution is -2.45. The quantitative estimate of drug-likeness (QED) is 0.798. The minimum absolute atomic E-state index is 0.0869. The Labute approximate surface area is 88.0 Å². The second kappa shape index (κ2) is 4.70. The highest BCUT2D eigenvalue weighted by Gasteiger charge is 2.36. The van der Waals surface area contributed by atoms with Gasteiger partial charge in [0.05, 0.1) is 5.60 Å². The smallest absolute Gasteiger partial charge is 0.374 e. The summed E-state index contributed by atoms with van der Waals surface area (Å²) in [6.07, 6.45) is -2.57. The third-order valence-electron chi connectivity index (χ3n) is 3.01. The van der Waals surface area contributed by atoms with Gasteiger partial charge < -0.3 is 10.5 Å². The molecule has 5 heteroatoms. The maximum atomic E-state index is 11.9. The van der Waals surface area contributed by atoms with Gasteiger partial charge in [0.15, 0.2) is 0 Å².